The minimum Gasteiger partial charge on any atom is -0.369 e. The molecule has 0 atom stereocenters. The van der Waals surface area contributed by atoms with Gasteiger partial charge < -0.3 is 10.2 Å². The van der Waals surface area contributed by atoms with Crippen molar-refractivity contribution in [3.05, 3.63) is 60.2 Å². The Morgan fingerprint density at radius 2 is 1.62 bits per heavy atom. The van der Waals surface area contributed by atoms with Gasteiger partial charge in [-0.2, -0.15) is 0 Å². The molecule has 0 spiro atoms. The normalized spacial score (nSPS) is 15.3. The summed E-state index contributed by atoms with van der Waals surface area (Å²) in [5, 5.41) is 2.90. The first kappa shape index (κ1) is 21.3. The minimum atomic E-state index is -3.49. The summed E-state index contributed by atoms with van der Waals surface area (Å²) in [4.78, 5) is 17.2. The number of carbonyl (C=O) groups is 1. The van der Waals surface area contributed by atoms with Crippen molar-refractivity contribution < 1.29 is 13.2 Å². The van der Waals surface area contributed by atoms with Gasteiger partial charge in [-0.3, -0.25) is 9.69 Å². The highest BCUT2D eigenvalue weighted by Gasteiger charge is 2.17. The molecule has 156 valence electrons. The lowest BCUT2D eigenvalue weighted by Gasteiger charge is -2.36. The van der Waals surface area contributed by atoms with E-state index in [0.29, 0.717) is 12.1 Å². The van der Waals surface area contributed by atoms with E-state index in [1.807, 2.05) is 6.07 Å². The van der Waals surface area contributed by atoms with Crippen LogP contribution in [-0.2, 0) is 10.0 Å². The second kappa shape index (κ2) is 9.87. The van der Waals surface area contributed by atoms with Crippen LogP contribution in [0, 0.1) is 0 Å². The Morgan fingerprint density at radius 3 is 2.24 bits per heavy atom. The number of hydrogen-bond donors (Lipinski definition) is 2. The molecule has 2 N–H and O–H groups in total. The van der Waals surface area contributed by atoms with E-state index in [-0.39, 0.29) is 10.8 Å². The fourth-order valence-electron chi connectivity index (χ4n) is 3.38. The predicted molar refractivity (Wildman–Crippen MR) is 115 cm³/mol. The quantitative estimate of drug-likeness (QED) is 0.638. The van der Waals surface area contributed by atoms with E-state index >= 15 is 0 Å². The Labute approximate surface area is 172 Å². The average molecular weight is 417 g/mol. The topological polar surface area (TPSA) is 81.7 Å². The Morgan fingerprint density at radius 1 is 0.966 bits per heavy atom. The first-order chi connectivity index (χ1) is 14.0. The molecule has 29 heavy (non-hydrogen) atoms. The molecule has 1 aliphatic rings. The molecule has 1 heterocycles. The Bertz CT molecular complexity index is 893. The third kappa shape index (κ3) is 5.79. The van der Waals surface area contributed by atoms with Crippen LogP contribution in [0.4, 0.5) is 5.69 Å². The predicted octanol–water partition coefficient (Wildman–Crippen LogP) is 1.54. The Kier molecular flexibility index (Phi) is 7.24. The second-order valence-electron chi connectivity index (χ2n) is 7.01. The van der Waals surface area contributed by atoms with Gasteiger partial charge in [0.05, 0.1) is 4.90 Å². The highest BCUT2D eigenvalue weighted by molar-refractivity contribution is 7.89. The van der Waals surface area contributed by atoms with Gasteiger partial charge in [0.1, 0.15) is 0 Å². The van der Waals surface area contributed by atoms with Gasteiger partial charge in [0.25, 0.3) is 5.91 Å². The van der Waals surface area contributed by atoms with Gasteiger partial charge in [0, 0.05) is 44.0 Å². The van der Waals surface area contributed by atoms with Crippen molar-refractivity contribution in [1.29, 1.82) is 0 Å². The van der Waals surface area contributed by atoms with Crippen LogP contribution < -0.4 is 14.9 Å². The fraction of sp³-hybridized carbons (Fsp3) is 0.381. The van der Waals surface area contributed by atoms with Crippen molar-refractivity contribution in [3.8, 4) is 0 Å². The molecule has 0 unspecified atom stereocenters. The molecule has 1 amide bonds. The maximum Gasteiger partial charge on any atom is 0.251 e. The van der Waals surface area contributed by atoms with Crippen molar-refractivity contribution in [2.75, 3.05) is 51.2 Å². The van der Waals surface area contributed by atoms with Crippen LogP contribution in [0.15, 0.2) is 59.5 Å². The number of sulfonamides is 1. The lowest BCUT2D eigenvalue weighted by molar-refractivity contribution is 0.0951. The first-order valence-electron chi connectivity index (χ1n) is 9.84. The molecule has 0 radical (unpaired) electrons. The van der Waals surface area contributed by atoms with Gasteiger partial charge in [0.15, 0.2) is 0 Å². The largest absolute Gasteiger partial charge is 0.369 e. The Balaban J connectivity index is 1.37. The van der Waals surface area contributed by atoms with Gasteiger partial charge >= 0.3 is 0 Å². The summed E-state index contributed by atoms with van der Waals surface area (Å²) in [5.41, 5.74) is 1.73. The molecule has 2 aromatic rings. The monoisotopic (exact) mass is 416 g/mol. The summed E-state index contributed by atoms with van der Waals surface area (Å²) >= 11 is 0. The highest BCUT2D eigenvalue weighted by Crippen LogP contribution is 2.15. The maximum atomic E-state index is 12.2. The zero-order valence-corrected chi connectivity index (χ0v) is 17.5. The standard InChI is InChI=1S/C21H28N4O3S/c1-22-29(27,28)20-10-8-18(9-11-20)21(26)23-12-5-13-24-14-16-25(17-15-24)19-6-3-2-4-7-19/h2-4,6-11,22H,5,12-17H2,1H3,(H,23,26). The molecule has 0 saturated carbocycles. The fourth-order valence-corrected chi connectivity index (χ4v) is 4.11. The van der Waals surface area contributed by atoms with E-state index in [1.165, 1.54) is 37.0 Å². The third-order valence-corrected chi connectivity index (χ3v) is 6.56. The number of rotatable bonds is 8. The SMILES string of the molecule is CNS(=O)(=O)c1ccc(C(=O)NCCCN2CCN(c3ccccc3)CC2)cc1. The number of hydrogen-bond acceptors (Lipinski definition) is 5. The van der Waals surface area contributed by atoms with Crippen molar-refractivity contribution in [2.24, 2.45) is 0 Å². The number of nitrogens with zero attached hydrogens (tertiary/aromatic N) is 2. The van der Waals surface area contributed by atoms with Gasteiger partial charge in [-0.15, -0.1) is 0 Å². The maximum absolute atomic E-state index is 12.2. The van der Waals surface area contributed by atoms with E-state index in [2.05, 4.69) is 44.1 Å². The molecule has 0 aromatic heterocycles. The molecule has 1 aliphatic heterocycles. The van der Waals surface area contributed by atoms with E-state index in [0.717, 1.165) is 39.1 Å². The molecule has 1 saturated heterocycles. The summed E-state index contributed by atoms with van der Waals surface area (Å²) in [7, 11) is -2.13. The molecular formula is C21H28N4O3S. The van der Waals surface area contributed by atoms with Crippen molar-refractivity contribution >= 4 is 21.6 Å². The zero-order valence-electron chi connectivity index (χ0n) is 16.7. The molecule has 0 bridgehead atoms. The van der Waals surface area contributed by atoms with Crippen LogP contribution in [0.25, 0.3) is 0 Å². The summed E-state index contributed by atoms with van der Waals surface area (Å²) in [6.07, 6.45) is 0.878. The van der Waals surface area contributed by atoms with Gasteiger partial charge in [-0.05, 0) is 56.4 Å². The molecule has 2 aromatic carbocycles. The minimum absolute atomic E-state index is 0.145. The smallest absolute Gasteiger partial charge is 0.251 e. The van der Waals surface area contributed by atoms with Crippen LogP contribution in [0.5, 0.6) is 0 Å². The average Bonchev–Trinajstić information content (AvgIpc) is 2.77. The zero-order chi connectivity index (χ0) is 20.7. The number of piperazine rings is 1. The molecular weight excluding hydrogens is 388 g/mol. The van der Waals surface area contributed by atoms with E-state index < -0.39 is 10.0 Å². The summed E-state index contributed by atoms with van der Waals surface area (Å²) in [6.45, 7) is 5.60. The van der Waals surface area contributed by atoms with Crippen molar-refractivity contribution in [1.82, 2.24) is 14.9 Å². The number of nitrogens with one attached hydrogen (secondary N) is 2. The van der Waals surface area contributed by atoms with Gasteiger partial charge in [-0.1, -0.05) is 18.2 Å². The van der Waals surface area contributed by atoms with Crippen LogP contribution in [-0.4, -0.2) is 65.5 Å². The number of carbonyl (C=O) groups excluding carboxylic acids is 1. The van der Waals surface area contributed by atoms with Crippen LogP contribution in [0.3, 0.4) is 0 Å². The van der Waals surface area contributed by atoms with Crippen molar-refractivity contribution in [3.63, 3.8) is 0 Å². The lowest BCUT2D eigenvalue weighted by atomic mass is 10.2. The molecule has 8 heteroatoms. The van der Waals surface area contributed by atoms with Crippen molar-refractivity contribution in [2.45, 2.75) is 11.3 Å². The summed E-state index contributed by atoms with van der Waals surface area (Å²) in [5.74, 6) is -0.188. The lowest BCUT2D eigenvalue weighted by Crippen LogP contribution is -2.47. The molecule has 1 fully saturated rings. The second-order valence-corrected chi connectivity index (χ2v) is 8.89. The van der Waals surface area contributed by atoms with Crippen LogP contribution in [0.2, 0.25) is 0 Å². The third-order valence-electron chi connectivity index (χ3n) is 5.13. The van der Waals surface area contributed by atoms with E-state index in [4.69, 9.17) is 0 Å². The summed E-state index contributed by atoms with van der Waals surface area (Å²) in [6, 6.07) is 16.4. The number of para-hydroxylation sites is 1. The molecule has 7 nitrogen and oxygen atoms in total. The number of benzene rings is 2. The first-order valence-corrected chi connectivity index (χ1v) is 11.3. The van der Waals surface area contributed by atoms with E-state index in [9.17, 15) is 13.2 Å². The van der Waals surface area contributed by atoms with Crippen LogP contribution >= 0.6 is 0 Å². The van der Waals surface area contributed by atoms with Gasteiger partial charge in [0.2, 0.25) is 10.0 Å². The molecule has 3 rings (SSSR count). The molecule has 0 aliphatic carbocycles. The number of amides is 1. The van der Waals surface area contributed by atoms with Gasteiger partial charge in [-0.25, -0.2) is 13.1 Å². The van der Waals surface area contributed by atoms with Crippen LogP contribution in [0.1, 0.15) is 16.8 Å². The summed E-state index contributed by atoms with van der Waals surface area (Å²) < 4.78 is 25.7. The highest BCUT2D eigenvalue weighted by atomic mass is 32.2. The Hall–Kier alpha value is -2.42. The van der Waals surface area contributed by atoms with E-state index in [1.54, 1.807) is 0 Å². The number of anilines is 1.